The highest BCUT2D eigenvalue weighted by Crippen LogP contribution is 2.11. The molecule has 1 atom stereocenters. The Morgan fingerprint density at radius 1 is 1.38 bits per heavy atom. The number of aliphatic hydroxyl groups excluding tert-OH is 2. The SMILES string of the molecule is CCCCOCC(O)CN(C)C(C)(C)CO. The third-order valence-corrected chi connectivity index (χ3v) is 2.86. The first kappa shape index (κ1) is 15.8. The van der Waals surface area contributed by atoms with Crippen LogP contribution in [0.1, 0.15) is 33.6 Å². The molecule has 0 bridgehead atoms. The van der Waals surface area contributed by atoms with Gasteiger partial charge in [0.2, 0.25) is 0 Å². The van der Waals surface area contributed by atoms with Gasteiger partial charge in [-0.15, -0.1) is 0 Å². The van der Waals surface area contributed by atoms with Gasteiger partial charge in [0.15, 0.2) is 0 Å². The molecule has 0 aliphatic rings. The zero-order chi connectivity index (χ0) is 12.6. The van der Waals surface area contributed by atoms with Gasteiger partial charge in [0.05, 0.1) is 19.3 Å². The zero-order valence-corrected chi connectivity index (χ0v) is 11.1. The normalized spacial score (nSPS) is 14.4. The molecule has 98 valence electrons. The van der Waals surface area contributed by atoms with Crippen molar-refractivity contribution < 1.29 is 14.9 Å². The van der Waals surface area contributed by atoms with Crippen LogP contribution in [0.3, 0.4) is 0 Å². The molecule has 0 amide bonds. The maximum atomic E-state index is 9.73. The molecule has 0 aromatic rings. The van der Waals surface area contributed by atoms with Crippen LogP contribution >= 0.6 is 0 Å². The summed E-state index contributed by atoms with van der Waals surface area (Å²) in [5, 5.41) is 18.9. The molecule has 0 saturated carbocycles. The van der Waals surface area contributed by atoms with Crippen LogP contribution in [0.2, 0.25) is 0 Å². The fraction of sp³-hybridized carbons (Fsp3) is 1.00. The molecule has 2 N–H and O–H groups in total. The Hall–Kier alpha value is -0.160. The van der Waals surface area contributed by atoms with Crippen LogP contribution in [0.15, 0.2) is 0 Å². The molecule has 0 spiro atoms. The van der Waals surface area contributed by atoms with Crippen LogP contribution in [0, 0.1) is 0 Å². The third kappa shape index (κ3) is 6.43. The lowest BCUT2D eigenvalue weighted by molar-refractivity contribution is -0.00831. The van der Waals surface area contributed by atoms with Gasteiger partial charge in [0.1, 0.15) is 0 Å². The molecule has 0 aromatic carbocycles. The fourth-order valence-corrected chi connectivity index (χ4v) is 1.20. The predicted molar refractivity (Wildman–Crippen MR) is 65.5 cm³/mol. The molecular formula is C12H27NO3. The van der Waals surface area contributed by atoms with Gasteiger partial charge in [-0.1, -0.05) is 13.3 Å². The maximum Gasteiger partial charge on any atom is 0.0900 e. The van der Waals surface area contributed by atoms with Crippen molar-refractivity contribution in [3.05, 3.63) is 0 Å². The van der Waals surface area contributed by atoms with Gasteiger partial charge in [0.25, 0.3) is 0 Å². The lowest BCUT2D eigenvalue weighted by Crippen LogP contribution is -2.48. The van der Waals surface area contributed by atoms with Crippen molar-refractivity contribution in [1.82, 2.24) is 4.90 Å². The van der Waals surface area contributed by atoms with E-state index in [-0.39, 0.29) is 12.1 Å². The molecule has 4 heteroatoms. The van der Waals surface area contributed by atoms with E-state index >= 15 is 0 Å². The van der Waals surface area contributed by atoms with Crippen LogP contribution in [0.5, 0.6) is 0 Å². The highest BCUT2D eigenvalue weighted by atomic mass is 16.5. The minimum Gasteiger partial charge on any atom is -0.394 e. The topological polar surface area (TPSA) is 52.9 Å². The molecule has 0 fully saturated rings. The van der Waals surface area contributed by atoms with Crippen molar-refractivity contribution in [3.8, 4) is 0 Å². The standard InChI is InChI=1S/C12H27NO3/c1-5-6-7-16-9-11(15)8-13(4)12(2,3)10-14/h11,14-15H,5-10H2,1-4H3. The number of nitrogens with zero attached hydrogens (tertiary/aromatic N) is 1. The quantitative estimate of drug-likeness (QED) is 0.580. The van der Waals surface area contributed by atoms with E-state index in [0.717, 1.165) is 12.8 Å². The largest absolute Gasteiger partial charge is 0.394 e. The Morgan fingerprint density at radius 2 is 2.00 bits per heavy atom. The van der Waals surface area contributed by atoms with E-state index in [1.54, 1.807) is 0 Å². The van der Waals surface area contributed by atoms with E-state index in [9.17, 15) is 5.11 Å². The second kappa shape index (κ2) is 8.01. The summed E-state index contributed by atoms with van der Waals surface area (Å²) in [4.78, 5) is 1.95. The van der Waals surface area contributed by atoms with Crippen LogP contribution in [0.25, 0.3) is 0 Å². The summed E-state index contributed by atoms with van der Waals surface area (Å²) in [6.45, 7) is 7.66. The summed E-state index contributed by atoms with van der Waals surface area (Å²) >= 11 is 0. The van der Waals surface area contributed by atoms with Crippen molar-refractivity contribution in [1.29, 1.82) is 0 Å². The van der Waals surface area contributed by atoms with Crippen molar-refractivity contribution >= 4 is 0 Å². The van der Waals surface area contributed by atoms with Gasteiger partial charge in [-0.2, -0.15) is 0 Å². The van der Waals surface area contributed by atoms with Crippen LogP contribution in [-0.2, 0) is 4.74 Å². The number of rotatable bonds is 9. The second-order valence-electron chi connectivity index (χ2n) is 4.93. The van der Waals surface area contributed by atoms with Crippen LogP contribution in [0.4, 0.5) is 0 Å². The molecule has 0 aromatic heterocycles. The Balaban J connectivity index is 3.73. The molecule has 0 saturated heterocycles. The minimum atomic E-state index is -0.493. The van der Waals surface area contributed by atoms with Crippen molar-refractivity contribution in [2.45, 2.75) is 45.3 Å². The van der Waals surface area contributed by atoms with E-state index in [2.05, 4.69) is 6.92 Å². The first-order valence-corrected chi connectivity index (χ1v) is 6.02. The summed E-state index contributed by atoms with van der Waals surface area (Å²) in [5.74, 6) is 0. The monoisotopic (exact) mass is 233 g/mol. The lowest BCUT2D eigenvalue weighted by Gasteiger charge is -2.35. The average Bonchev–Trinajstić information content (AvgIpc) is 2.24. The molecular weight excluding hydrogens is 206 g/mol. The van der Waals surface area contributed by atoms with Gasteiger partial charge in [-0.3, -0.25) is 4.90 Å². The molecule has 0 aliphatic carbocycles. The highest BCUT2D eigenvalue weighted by Gasteiger charge is 2.24. The zero-order valence-electron chi connectivity index (χ0n) is 11.1. The average molecular weight is 233 g/mol. The number of hydrogen-bond acceptors (Lipinski definition) is 4. The number of ether oxygens (including phenoxy) is 1. The number of unbranched alkanes of at least 4 members (excludes halogenated alkanes) is 1. The highest BCUT2D eigenvalue weighted by molar-refractivity contribution is 4.79. The molecule has 4 nitrogen and oxygen atoms in total. The van der Waals surface area contributed by atoms with E-state index < -0.39 is 6.10 Å². The van der Waals surface area contributed by atoms with E-state index in [4.69, 9.17) is 9.84 Å². The van der Waals surface area contributed by atoms with Gasteiger partial charge in [-0.05, 0) is 27.3 Å². The molecule has 16 heavy (non-hydrogen) atoms. The van der Waals surface area contributed by atoms with E-state index in [0.29, 0.717) is 19.8 Å². The third-order valence-electron chi connectivity index (χ3n) is 2.86. The Morgan fingerprint density at radius 3 is 2.50 bits per heavy atom. The molecule has 0 radical (unpaired) electrons. The number of β-amino-alcohol motifs (C(OH)–C–C–N with tert-alkyl or cyclic N) is 1. The summed E-state index contributed by atoms with van der Waals surface area (Å²) in [7, 11) is 1.89. The number of hydrogen-bond donors (Lipinski definition) is 2. The predicted octanol–water partition coefficient (Wildman–Crippen LogP) is 0.867. The van der Waals surface area contributed by atoms with Crippen molar-refractivity contribution in [3.63, 3.8) is 0 Å². The first-order chi connectivity index (χ1) is 7.44. The first-order valence-electron chi connectivity index (χ1n) is 6.02. The number of aliphatic hydroxyl groups is 2. The Labute approximate surface area is 99.2 Å². The molecule has 1 unspecified atom stereocenters. The Bertz CT molecular complexity index is 174. The van der Waals surface area contributed by atoms with Crippen LogP contribution in [-0.4, -0.2) is 60.2 Å². The summed E-state index contributed by atoms with van der Waals surface area (Å²) in [5.41, 5.74) is -0.301. The van der Waals surface area contributed by atoms with E-state index in [1.807, 2.05) is 25.8 Å². The minimum absolute atomic E-state index is 0.0763. The molecule has 0 rings (SSSR count). The van der Waals surface area contributed by atoms with Gasteiger partial charge >= 0.3 is 0 Å². The number of likely N-dealkylation sites (N-methyl/N-ethyl adjacent to an activating group) is 1. The van der Waals surface area contributed by atoms with Crippen molar-refractivity contribution in [2.24, 2.45) is 0 Å². The van der Waals surface area contributed by atoms with E-state index in [1.165, 1.54) is 0 Å². The summed E-state index contributed by atoms with van der Waals surface area (Å²) < 4.78 is 5.34. The van der Waals surface area contributed by atoms with Gasteiger partial charge in [-0.25, -0.2) is 0 Å². The molecule has 0 aliphatic heterocycles. The molecule has 0 heterocycles. The van der Waals surface area contributed by atoms with Crippen molar-refractivity contribution in [2.75, 3.05) is 33.4 Å². The lowest BCUT2D eigenvalue weighted by atomic mass is 10.0. The Kier molecular flexibility index (Phi) is 7.93. The smallest absolute Gasteiger partial charge is 0.0900 e. The van der Waals surface area contributed by atoms with Gasteiger partial charge < -0.3 is 14.9 Å². The maximum absolute atomic E-state index is 9.73. The summed E-state index contributed by atoms with van der Waals surface area (Å²) in [6.07, 6.45) is 1.64. The van der Waals surface area contributed by atoms with Crippen LogP contribution < -0.4 is 0 Å². The summed E-state index contributed by atoms with van der Waals surface area (Å²) in [6, 6.07) is 0. The second-order valence-corrected chi connectivity index (χ2v) is 4.93. The van der Waals surface area contributed by atoms with Gasteiger partial charge in [0, 0.05) is 18.7 Å². The fourth-order valence-electron chi connectivity index (χ4n) is 1.20.